The Kier molecular flexibility index (Phi) is 7.27. The first-order valence-electron chi connectivity index (χ1n) is 10.3. The Morgan fingerprint density at radius 3 is 2.48 bits per heavy atom. The summed E-state index contributed by atoms with van der Waals surface area (Å²) >= 11 is 0. The first-order chi connectivity index (χ1) is 13.1. The zero-order chi connectivity index (χ0) is 19.1. The lowest BCUT2D eigenvalue weighted by molar-refractivity contribution is -0.142. The molecule has 0 aromatic heterocycles. The minimum absolute atomic E-state index is 0.0914. The molecule has 0 aliphatic carbocycles. The topological polar surface area (TPSA) is 49.9 Å². The summed E-state index contributed by atoms with van der Waals surface area (Å²) in [5, 5.41) is 0. The third kappa shape index (κ3) is 5.80. The van der Waals surface area contributed by atoms with E-state index in [1.54, 1.807) is 0 Å². The monoisotopic (exact) mass is 372 g/mol. The summed E-state index contributed by atoms with van der Waals surface area (Å²) in [7, 11) is 0. The molecule has 1 aromatic rings. The highest BCUT2D eigenvalue weighted by Gasteiger charge is 2.31. The van der Waals surface area contributed by atoms with Crippen molar-refractivity contribution in [2.75, 3.05) is 32.8 Å². The minimum Gasteiger partial charge on any atom is -0.376 e. The van der Waals surface area contributed by atoms with Crippen LogP contribution in [0.1, 0.15) is 44.6 Å². The number of benzene rings is 1. The first kappa shape index (κ1) is 19.9. The van der Waals surface area contributed by atoms with Gasteiger partial charge in [0.25, 0.3) is 0 Å². The van der Waals surface area contributed by atoms with Crippen LogP contribution < -0.4 is 0 Å². The van der Waals surface area contributed by atoms with Gasteiger partial charge in [-0.3, -0.25) is 9.59 Å². The van der Waals surface area contributed by atoms with E-state index in [1.165, 1.54) is 6.42 Å². The van der Waals surface area contributed by atoms with Crippen molar-refractivity contribution in [2.24, 2.45) is 11.8 Å². The van der Waals surface area contributed by atoms with E-state index >= 15 is 0 Å². The highest BCUT2D eigenvalue weighted by atomic mass is 16.5. The molecule has 2 heterocycles. The van der Waals surface area contributed by atoms with Gasteiger partial charge in [0.1, 0.15) is 0 Å². The lowest BCUT2D eigenvalue weighted by Crippen LogP contribution is -2.47. The number of carbonyl (C=O) groups excluding carboxylic acids is 2. The van der Waals surface area contributed by atoms with Gasteiger partial charge in [0.2, 0.25) is 11.8 Å². The molecule has 2 fully saturated rings. The van der Waals surface area contributed by atoms with Crippen LogP contribution in [0.3, 0.4) is 0 Å². The predicted octanol–water partition coefficient (Wildman–Crippen LogP) is 3.09. The molecule has 1 aromatic carbocycles. The zero-order valence-corrected chi connectivity index (χ0v) is 16.4. The van der Waals surface area contributed by atoms with Crippen molar-refractivity contribution in [3.05, 3.63) is 35.9 Å². The van der Waals surface area contributed by atoms with E-state index in [1.807, 2.05) is 40.1 Å². The van der Waals surface area contributed by atoms with Crippen molar-refractivity contribution in [1.82, 2.24) is 9.80 Å². The van der Waals surface area contributed by atoms with Crippen LogP contribution in [0.5, 0.6) is 0 Å². The van der Waals surface area contributed by atoms with E-state index in [9.17, 15) is 9.59 Å². The van der Waals surface area contributed by atoms with Gasteiger partial charge in [-0.2, -0.15) is 0 Å². The molecule has 2 aliphatic heterocycles. The van der Waals surface area contributed by atoms with Crippen molar-refractivity contribution >= 4 is 11.8 Å². The number of hydrogen-bond acceptors (Lipinski definition) is 3. The summed E-state index contributed by atoms with van der Waals surface area (Å²) in [6, 6.07) is 9.99. The summed E-state index contributed by atoms with van der Waals surface area (Å²) < 4.78 is 5.62. The van der Waals surface area contributed by atoms with Crippen molar-refractivity contribution in [3.8, 4) is 0 Å². The van der Waals surface area contributed by atoms with Crippen molar-refractivity contribution in [1.29, 1.82) is 0 Å². The largest absolute Gasteiger partial charge is 0.376 e. The maximum atomic E-state index is 12.7. The summed E-state index contributed by atoms with van der Waals surface area (Å²) in [6.07, 6.45) is 4.34. The maximum absolute atomic E-state index is 12.7. The van der Waals surface area contributed by atoms with Crippen LogP contribution in [0, 0.1) is 11.8 Å². The van der Waals surface area contributed by atoms with E-state index < -0.39 is 0 Å². The Bertz CT molecular complexity index is 611. The summed E-state index contributed by atoms with van der Waals surface area (Å²) in [4.78, 5) is 29.1. The molecule has 0 radical (unpaired) electrons. The predicted molar refractivity (Wildman–Crippen MR) is 105 cm³/mol. The molecular formula is C22H32N2O3. The molecule has 2 aliphatic rings. The van der Waals surface area contributed by atoms with Crippen molar-refractivity contribution in [3.63, 3.8) is 0 Å². The minimum atomic E-state index is 0.0914. The molecule has 148 valence electrons. The standard InChI is InChI=1S/C22H32N2O3/c1-18-6-5-12-24(16-18)22(26)20-9-13-23(14-10-20)21(25)11-15-27-17-19-7-3-2-4-8-19/h2-4,7-8,18,20H,5-6,9-17H2,1H3/t18-/m0/s1. The molecular weight excluding hydrogens is 340 g/mol. The van der Waals surface area contributed by atoms with Crippen LogP contribution in [0.25, 0.3) is 0 Å². The van der Waals surface area contributed by atoms with Crippen LogP contribution in [-0.4, -0.2) is 54.4 Å². The summed E-state index contributed by atoms with van der Waals surface area (Å²) in [6.45, 7) is 6.39. The summed E-state index contributed by atoms with van der Waals surface area (Å²) in [5.74, 6) is 1.15. The van der Waals surface area contributed by atoms with E-state index in [0.29, 0.717) is 44.5 Å². The number of nitrogens with zero attached hydrogens (tertiary/aromatic N) is 2. The van der Waals surface area contributed by atoms with Gasteiger partial charge in [-0.1, -0.05) is 37.3 Å². The molecule has 27 heavy (non-hydrogen) atoms. The van der Waals surface area contributed by atoms with Gasteiger partial charge in [-0.25, -0.2) is 0 Å². The van der Waals surface area contributed by atoms with Crippen molar-refractivity contribution in [2.45, 2.75) is 45.6 Å². The third-order valence-corrected chi connectivity index (χ3v) is 5.74. The van der Waals surface area contributed by atoms with Gasteiger partial charge in [0.15, 0.2) is 0 Å². The van der Waals surface area contributed by atoms with E-state index in [0.717, 1.165) is 37.9 Å². The molecule has 0 unspecified atom stereocenters. The van der Waals surface area contributed by atoms with Crippen LogP contribution in [0.15, 0.2) is 30.3 Å². The average molecular weight is 373 g/mol. The molecule has 0 N–H and O–H groups in total. The van der Waals surface area contributed by atoms with Crippen LogP contribution in [0.2, 0.25) is 0 Å². The number of piperidine rings is 2. The van der Waals surface area contributed by atoms with Crippen LogP contribution in [0.4, 0.5) is 0 Å². The first-order valence-corrected chi connectivity index (χ1v) is 10.3. The summed E-state index contributed by atoms with van der Waals surface area (Å²) in [5.41, 5.74) is 1.12. The highest BCUT2D eigenvalue weighted by molar-refractivity contribution is 5.80. The van der Waals surface area contributed by atoms with Gasteiger partial charge < -0.3 is 14.5 Å². The van der Waals surface area contributed by atoms with E-state index in [4.69, 9.17) is 4.74 Å². The van der Waals surface area contributed by atoms with Gasteiger partial charge in [-0.15, -0.1) is 0 Å². The smallest absolute Gasteiger partial charge is 0.225 e. The molecule has 0 spiro atoms. The number of hydrogen-bond donors (Lipinski definition) is 0. The molecule has 5 nitrogen and oxygen atoms in total. The Balaban J connectivity index is 1.34. The number of rotatable bonds is 6. The maximum Gasteiger partial charge on any atom is 0.225 e. The molecule has 0 saturated carbocycles. The second-order valence-corrected chi connectivity index (χ2v) is 7.97. The van der Waals surface area contributed by atoms with Gasteiger partial charge in [-0.05, 0) is 37.2 Å². The Morgan fingerprint density at radius 2 is 1.78 bits per heavy atom. The van der Waals surface area contributed by atoms with Gasteiger partial charge >= 0.3 is 0 Å². The molecule has 2 amide bonds. The Hall–Kier alpha value is -1.88. The highest BCUT2D eigenvalue weighted by Crippen LogP contribution is 2.24. The van der Waals surface area contributed by atoms with Gasteiger partial charge in [0, 0.05) is 32.1 Å². The van der Waals surface area contributed by atoms with E-state index in [2.05, 4.69) is 6.92 Å². The zero-order valence-electron chi connectivity index (χ0n) is 16.4. The Morgan fingerprint density at radius 1 is 1.04 bits per heavy atom. The molecule has 1 atom stereocenters. The quantitative estimate of drug-likeness (QED) is 0.721. The Labute approximate surface area is 162 Å². The fourth-order valence-electron chi connectivity index (χ4n) is 4.11. The molecule has 5 heteroatoms. The molecule has 2 saturated heterocycles. The van der Waals surface area contributed by atoms with Gasteiger partial charge in [0.05, 0.1) is 19.6 Å². The number of amides is 2. The molecule has 3 rings (SSSR count). The third-order valence-electron chi connectivity index (χ3n) is 5.74. The SMILES string of the molecule is C[C@H]1CCCN(C(=O)C2CCN(C(=O)CCOCc3ccccc3)CC2)C1. The average Bonchev–Trinajstić information content (AvgIpc) is 2.71. The van der Waals surface area contributed by atoms with E-state index in [-0.39, 0.29) is 11.8 Å². The molecule has 0 bridgehead atoms. The fraction of sp³-hybridized carbons (Fsp3) is 0.636. The normalized spacial score (nSPS) is 21.3. The number of ether oxygens (including phenoxy) is 1. The second-order valence-electron chi connectivity index (χ2n) is 7.97. The lowest BCUT2D eigenvalue weighted by Gasteiger charge is -2.37. The van der Waals surface area contributed by atoms with Crippen molar-refractivity contribution < 1.29 is 14.3 Å². The second kappa shape index (κ2) is 9.88. The fourth-order valence-corrected chi connectivity index (χ4v) is 4.11. The number of likely N-dealkylation sites (tertiary alicyclic amines) is 2. The van der Waals surface area contributed by atoms with Crippen LogP contribution in [-0.2, 0) is 20.9 Å². The number of carbonyl (C=O) groups is 2. The lowest BCUT2D eigenvalue weighted by atomic mass is 9.92. The van der Waals surface area contributed by atoms with Crippen LogP contribution >= 0.6 is 0 Å².